The molecule has 2 aliphatic heterocycles. The SMILES string of the molecule is COc1cc(/C=C(/CC[C@H]2OC[C@H]3C2=C(COc2ccccc2)C[C@H]2C(=O)N(c4ccccc4)C(=O)[C@H]23)c2ccccn2)cc(I)c1O. The number of phenols is 1. The summed E-state index contributed by atoms with van der Waals surface area (Å²) >= 11 is 2.10. The molecule has 3 aromatic carbocycles. The lowest BCUT2D eigenvalue weighted by Gasteiger charge is -2.31. The maximum absolute atomic E-state index is 14.0. The number of carbonyl (C=O) groups is 2. The summed E-state index contributed by atoms with van der Waals surface area (Å²) < 4.78 is 18.9. The van der Waals surface area contributed by atoms with Crippen LogP contribution in [-0.2, 0) is 14.3 Å². The van der Waals surface area contributed by atoms with E-state index in [9.17, 15) is 14.7 Å². The molecular weight excluding hydrogens is 719 g/mol. The van der Waals surface area contributed by atoms with Gasteiger partial charge in [-0.25, -0.2) is 0 Å². The molecule has 3 aliphatic rings. The monoisotopic (exact) mass is 754 g/mol. The Bertz CT molecular complexity index is 1880. The van der Waals surface area contributed by atoms with Gasteiger partial charge >= 0.3 is 0 Å². The Balaban J connectivity index is 1.21. The summed E-state index contributed by atoms with van der Waals surface area (Å²) in [7, 11) is 1.54. The zero-order valence-electron chi connectivity index (χ0n) is 26.4. The standard InChI is InChI=1S/C39H35IN2O6/c1-46-34-20-24(19-31(40)37(34)43)18-25(32-14-8-9-17-41-32)15-16-33-35-26(22-47-28-12-6-3-7-13-28)21-29-36(30(35)23-48-33)39(45)42(38(29)44)27-10-4-2-5-11-27/h2-14,17-20,29-30,33,36,43H,15-16,21-23H2,1H3/b25-18-/t29-,30+,33-,36-/m1/s1. The molecule has 2 amide bonds. The number of phenolic OH excluding ortho intramolecular Hbond substituents is 1. The number of aromatic hydroxyl groups is 1. The predicted molar refractivity (Wildman–Crippen MR) is 191 cm³/mol. The average molecular weight is 755 g/mol. The van der Waals surface area contributed by atoms with Crippen molar-refractivity contribution in [2.24, 2.45) is 17.8 Å². The van der Waals surface area contributed by atoms with Crippen LogP contribution in [0.5, 0.6) is 17.2 Å². The second-order valence-electron chi connectivity index (χ2n) is 12.2. The molecule has 9 heteroatoms. The zero-order valence-corrected chi connectivity index (χ0v) is 28.6. The Morgan fingerprint density at radius 1 is 1.00 bits per heavy atom. The van der Waals surface area contributed by atoms with Crippen molar-refractivity contribution in [1.82, 2.24) is 4.98 Å². The van der Waals surface area contributed by atoms with Crippen LogP contribution in [0.25, 0.3) is 11.6 Å². The number of allylic oxidation sites excluding steroid dienone is 1. The van der Waals surface area contributed by atoms with E-state index < -0.39 is 11.8 Å². The highest BCUT2D eigenvalue weighted by molar-refractivity contribution is 14.1. The van der Waals surface area contributed by atoms with Crippen molar-refractivity contribution in [1.29, 1.82) is 0 Å². The van der Waals surface area contributed by atoms with Gasteiger partial charge in [-0.05, 0) is 119 Å². The Morgan fingerprint density at radius 2 is 1.75 bits per heavy atom. The first-order valence-corrected chi connectivity index (χ1v) is 17.1. The summed E-state index contributed by atoms with van der Waals surface area (Å²) in [6.07, 6.45) is 5.34. The quantitative estimate of drug-likeness (QED) is 0.103. The lowest BCUT2D eigenvalue weighted by atomic mass is 9.69. The van der Waals surface area contributed by atoms with Crippen LogP contribution >= 0.6 is 22.6 Å². The number of rotatable bonds is 10. The Morgan fingerprint density at radius 3 is 2.48 bits per heavy atom. The fourth-order valence-corrected chi connectivity index (χ4v) is 7.90. The van der Waals surface area contributed by atoms with E-state index in [0.29, 0.717) is 47.5 Å². The van der Waals surface area contributed by atoms with Crippen molar-refractivity contribution in [3.63, 3.8) is 0 Å². The molecular formula is C39H35IN2O6. The molecule has 0 bridgehead atoms. The van der Waals surface area contributed by atoms with Gasteiger partial charge in [-0.2, -0.15) is 0 Å². The number of methoxy groups -OCH3 is 1. The number of benzene rings is 3. The second kappa shape index (κ2) is 13.9. The van der Waals surface area contributed by atoms with E-state index in [2.05, 4.69) is 33.7 Å². The summed E-state index contributed by atoms with van der Waals surface area (Å²) in [5.74, 6) is -0.197. The summed E-state index contributed by atoms with van der Waals surface area (Å²) in [5, 5.41) is 10.4. The molecule has 2 fully saturated rings. The lowest BCUT2D eigenvalue weighted by molar-refractivity contribution is -0.122. The van der Waals surface area contributed by atoms with E-state index in [4.69, 9.17) is 14.2 Å². The van der Waals surface area contributed by atoms with Crippen LogP contribution < -0.4 is 14.4 Å². The average Bonchev–Trinajstić information content (AvgIpc) is 3.65. The van der Waals surface area contributed by atoms with E-state index in [-0.39, 0.29) is 29.6 Å². The van der Waals surface area contributed by atoms with Gasteiger partial charge in [0, 0.05) is 12.1 Å². The summed E-state index contributed by atoms with van der Waals surface area (Å²) in [4.78, 5) is 33.9. The first kappa shape index (κ1) is 32.1. The van der Waals surface area contributed by atoms with Gasteiger partial charge in [-0.15, -0.1) is 0 Å². The van der Waals surface area contributed by atoms with Gasteiger partial charge in [-0.1, -0.05) is 42.5 Å². The van der Waals surface area contributed by atoms with Crippen molar-refractivity contribution < 1.29 is 28.9 Å². The minimum absolute atomic E-state index is 0.110. The van der Waals surface area contributed by atoms with Crippen LogP contribution in [0.2, 0.25) is 0 Å². The molecule has 48 heavy (non-hydrogen) atoms. The van der Waals surface area contributed by atoms with Crippen molar-refractivity contribution in [3.8, 4) is 17.2 Å². The number of para-hydroxylation sites is 2. The molecule has 7 rings (SSSR count). The van der Waals surface area contributed by atoms with Gasteiger partial charge in [0.2, 0.25) is 11.8 Å². The molecule has 0 unspecified atom stereocenters. The highest BCUT2D eigenvalue weighted by atomic mass is 127. The number of hydrogen-bond acceptors (Lipinski definition) is 7. The minimum atomic E-state index is -0.476. The number of anilines is 1. The van der Waals surface area contributed by atoms with E-state index in [1.807, 2.05) is 91.0 Å². The topological polar surface area (TPSA) is 98.2 Å². The summed E-state index contributed by atoms with van der Waals surface area (Å²) in [5.41, 5.74) is 5.45. The smallest absolute Gasteiger partial charge is 0.238 e. The van der Waals surface area contributed by atoms with Crippen molar-refractivity contribution in [2.75, 3.05) is 25.2 Å². The molecule has 4 aromatic rings. The highest BCUT2D eigenvalue weighted by Crippen LogP contribution is 2.51. The van der Waals surface area contributed by atoms with E-state index >= 15 is 0 Å². The molecule has 1 aliphatic carbocycles. The van der Waals surface area contributed by atoms with E-state index in [1.54, 1.807) is 6.20 Å². The zero-order chi connectivity index (χ0) is 33.2. The highest BCUT2D eigenvalue weighted by Gasteiger charge is 2.57. The largest absolute Gasteiger partial charge is 0.504 e. The minimum Gasteiger partial charge on any atom is -0.504 e. The van der Waals surface area contributed by atoms with Gasteiger partial charge in [0.1, 0.15) is 12.4 Å². The molecule has 4 atom stereocenters. The molecule has 3 heterocycles. The first-order chi connectivity index (χ1) is 23.4. The van der Waals surface area contributed by atoms with Gasteiger partial charge < -0.3 is 19.3 Å². The normalized spacial score (nSPS) is 22.1. The van der Waals surface area contributed by atoms with Crippen molar-refractivity contribution >= 4 is 51.7 Å². The third-order valence-corrected chi connectivity index (χ3v) is 10.3. The number of halogens is 1. The van der Waals surface area contributed by atoms with Crippen molar-refractivity contribution in [2.45, 2.75) is 25.4 Å². The fraction of sp³-hybridized carbons (Fsp3) is 0.256. The number of fused-ring (bicyclic) bond motifs is 3. The molecule has 1 aromatic heterocycles. The maximum Gasteiger partial charge on any atom is 0.238 e. The third-order valence-electron chi connectivity index (χ3n) is 9.46. The van der Waals surface area contributed by atoms with E-state index in [1.165, 1.54) is 12.0 Å². The summed E-state index contributed by atoms with van der Waals surface area (Å²) in [6, 6.07) is 28.4. The number of hydrogen-bond donors (Lipinski definition) is 1. The number of pyridine rings is 1. The summed E-state index contributed by atoms with van der Waals surface area (Å²) in [6.45, 7) is 0.689. The van der Waals surface area contributed by atoms with Crippen LogP contribution in [0.4, 0.5) is 5.69 Å². The van der Waals surface area contributed by atoms with Gasteiger partial charge in [0.05, 0.1) is 46.6 Å². The molecule has 0 spiro atoms. The Hall–Kier alpha value is -4.48. The van der Waals surface area contributed by atoms with E-state index in [0.717, 1.165) is 33.7 Å². The third kappa shape index (κ3) is 6.24. The van der Waals surface area contributed by atoms with Crippen molar-refractivity contribution in [3.05, 3.63) is 123 Å². The fourth-order valence-electron chi connectivity index (χ4n) is 7.27. The molecule has 0 saturated carbocycles. The number of nitrogens with zero attached hydrogens (tertiary/aromatic N) is 2. The molecule has 8 nitrogen and oxygen atoms in total. The van der Waals surface area contributed by atoms with Gasteiger partial charge in [0.15, 0.2) is 11.5 Å². The van der Waals surface area contributed by atoms with Crippen LogP contribution in [0.1, 0.15) is 30.5 Å². The number of ether oxygens (including phenoxy) is 3. The van der Waals surface area contributed by atoms with Crippen LogP contribution in [0.3, 0.4) is 0 Å². The molecule has 2 saturated heterocycles. The molecule has 1 N–H and O–H groups in total. The molecule has 244 valence electrons. The second-order valence-corrected chi connectivity index (χ2v) is 13.4. The van der Waals surface area contributed by atoms with Crippen LogP contribution in [0.15, 0.2) is 108 Å². The number of amides is 2. The number of aromatic nitrogens is 1. The van der Waals surface area contributed by atoms with Crippen LogP contribution in [-0.4, -0.2) is 48.3 Å². The maximum atomic E-state index is 14.0. The number of imide groups is 1. The Labute approximate surface area is 293 Å². The Kier molecular flexibility index (Phi) is 9.32. The predicted octanol–water partition coefficient (Wildman–Crippen LogP) is 7.32. The number of carbonyl (C=O) groups excluding carboxylic acids is 2. The van der Waals surface area contributed by atoms with Gasteiger partial charge in [0.25, 0.3) is 0 Å². The van der Waals surface area contributed by atoms with Gasteiger partial charge in [-0.3, -0.25) is 19.5 Å². The first-order valence-electron chi connectivity index (χ1n) is 16.1. The lowest BCUT2D eigenvalue weighted by Crippen LogP contribution is -2.35. The van der Waals surface area contributed by atoms with Crippen LogP contribution in [0, 0.1) is 21.3 Å². The molecule has 0 radical (unpaired) electrons.